The summed E-state index contributed by atoms with van der Waals surface area (Å²) in [6.07, 6.45) is 4.40. The highest BCUT2D eigenvalue weighted by Crippen LogP contribution is 2.37. The van der Waals surface area contributed by atoms with E-state index >= 15 is 0 Å². The second-order valence-corrected chi connectivity index (χ2v) is 8.33. The summed E-state index contributed by atoms with van der Waals surface area (Å²) in [6, 6.07) is 4.31. The number of pyridine rings is 1. The van der Waals surface area contributed by atoms with Gasteiger partial charge in [-0.3, -0.25) is 4.79 Å². The van der Waals surface area contributed by atoms with Crippen LogP contribution in [0.25, 0.3) is 5.69 Å². The van der Waals surface area contributed by atoms with Crippen LogP contribution in [0, 0.1) is 11.7 Å². The van der Waals surface area contributed by atoms with Crippen molar-refractivity contribution in [3.05, 3.63) is 50.5 Å². The molecule has 1 heterocycles. The van der Waals surface area contributed by atoms with E-state index in [1.54, 1.807) is 6.07 Å². The first-order valence-electron chi connectivity index (χ1n) is 9.49. The molecule has 1 fully saturated rings. The van der Waals surface area contributed by atoms with Crippen LogP contribution in [-0.2, 0) is 6.42 Å². The molecule has 144 valence electrons. The molecular formula is C21H23ClFNO3. The fourth-order valence-corrected chi connectivity index (χ4v) is 4.39. The number of fused-ring (bicyclic) bond motifs is 2. The van der Waals surface area contributed by atoms with Gasteiger partial charge in [0.2, 0.25) is 5.88 Å². The molecule has 2 aromatic rings. The van der Waals surface area contributed by atoms with Crippen LogP contribution in [0.3, 0.4) is 0 Å². The Morgan fingerprint density at radius 1 is 1.22 bits per heavy atom. The van der Waals surface area contributed by atoms with Crippen molar-refractivity contribution in [1.82, 2.24) is 4.57 Å². The lowest BCUT2D eigenvalue weighted by Gasteiger charge is -2.23. The standard InChI is InChI=1S/C21H23ClFNO3/c1-11-3-6-14(7-11)27-19-10-18(17(23)9-16(19)22)24-20(25)13-5-4-12(2)15(8-13)21(24)26/h8-12,14,25H,3-7H2,1-2H3. The van der Waals surface area contributed by atoms with Gasteiger partial charge in [0.25, 0.3) is 5.56 Å². The molecule has 4 nitrogen and oxygen atoms in total. The Balaban J connectivity index is 1.81. The average Bonchev–Trinajstić information content (AvgIpc) is 3.03. The predicted octanol–water partition coefficient (Wildman–Crippen LogP) is 4.95. The van der Waals surface area contributed by atoms with E-state index < -0.39 is 11.4 Å². The second kappa shape index (κ2) is 6.86. The fourth-order valence-electron chi connectivity index (χ4n) is 4.19. The topological polar surface area (TPSA) is 51.5 Å². The number of nitrogens with zero attached hydrogens (tertiary/aromatic N) is 1. The predicted molar refractivity (Wildman–Crippen MR) is 103 cm³/mol. The maximum atomic E-state index is 14.7. The molecule has 1 N–H and O–H groups in total. The lowest BCUT2D eigenvalue weighted by atomic mass is 9.88. The molecule has 3 unspecified atom stereocenters. The zero-order chi connectivity index (χ0) is 19.3. The van der Waals surface area contributed by atoms with Gasteiger partial charge in [0.05, 0.1) is 16.8 Å². The smallest absolute Gasteiger partial charge is 0.261 e. The molecule has 2 aliphatic rings. The number of rotatable bonds is 3. The summed E-state index contributed by atoms with van der Waals surface area (Å²) in [4.78, 5) is 12.9. The third-order valence-electron chi connectivity index (χ3n) is 5.84. The van der Waals surface area contributed by atoms with Crippen LogP contribution in [0.4, 0.5) is 4.39 Å². The van der Waals surface area contributed by atoms with E-state index in [1.165, 1.54) is 6.07 Å². The largest absolute Gasteiger partial charge is 0.494 e. The monoisotopic (exact) mass is 391 g/mol. The lowest BCUT2D eigenvalue weighted by Crippen LogP contribution is -2.28. The maximum absolute atomic E-state index is 14.7. The molecule has 0 spiro atoms. The van der Waals surface area contributed by atoms with Gasteiger partial charge in [0, 0.05) is 17.2 Å². The molecule has 0 amide bonds. The van der Waals surface area contributed by atoms with Gasteiger partial charge in [0.1, 0.15) is 11.6 Å². The van der Waals surface area contributed by atoms with Crippen LogP contribution in [0.2, 0.25) is 5.02 Å². The van der Waals surface area contributed by atoms with E-state index in [9.17, 15) is 14.3 Å². The van der Waals surface area contributed by atoms with E-state index in [2.05, 4.69) is 6.92 Å². The molecule has 1 saturated carbocycles. The molecule has 1 aromatic carbocycles. The summed E-state index contributed by atoms with van der Waals surface area (Å²) in [5.74, 6) is 0.121. The quantitative estimate of drug-likeness (QED) is 0.805. The van der Waals surface area contributed by atoms with E-state index in [1.807, 2.05) is 6.92 Å². The van der Waals surface area contributed by atoms with Crippen molar-refractivity contribution >= 4 is 11.6 Å². The lowest BCUT2D eigenvalue weighted by molar-refractivity contribution is 0.205. The maximum Gasteiger partial charge on any atom is 0.261 e. The molecule has 0 radical (unpaired) electrons. The van der Waals surface area contributed by atoms with Gasteiger partial charge < -0.3 is 9.84 Å². The van der Waals surface area contributed by atoms with Crippen molar-refractivity contribution in [2.45, 2.75) is 58.0 Å². The first-order valence-corrected chi connectivity index (χ1v) is 9.86. The number of hydrogen-bond acceptors (Lipinski definition) is 3. The Labute approximate surface area is 162 Å². The third kappa shape index (κ3) is 3.22. The summed E-state index contributed by atoms with van der Waals surface area (Å²) in [5, 5.41) is 10.8. The van der Waals surface area contributed by atoms with Crippen molar-refractivity contribution < 1.29 is 14.2 Å². The van der Waals surface area contributed by atoms with Crippen molar-refractivity contribution in [3.8, 4) is 17.3 Å². The third-order valence-corrected chi connectivity index (χ3v) is 6.13. The average molecular weight is 392 g/mol. The number of benzene rings is 1. The number of aromatic nitrogens is 1. The van der Waals surface area contributed by atoms with Crippen molar-refractivity contribution in [1.29, 1.82) is 0 Å². The van der Waals surface area contributed by atoms with E-state index in [0.29, 0.717) is 29.2 Å². The Morgan fingerprint density at radius 2 is 2.00 bits per heavy atom. The molecule has 6 heteroatoms. The highest BCUT2D eigenvalue weighted by atomic mass is 35.5. The first-order chi connectivity index (χ1) is 12.8. The van der Waals surface area contributed by atoms with E-state index in [4.69, 9.17) is 16.3 Å². The Kier molecular flexibility index (Phi) is 4.66. The molecule has 3 atom stereocenters. The minimum atomic E-state index is -0.666. The van der Waals surface area contributed by atoms with Crippen LogP contribution in [-0.4, -0.2) is 15.8 Å². The van der Waals surface area contributed by atoms with Crippen molar-refractivity contribution in [2.24, 2.45) is 5.92 Å². The van der Waals surface area contributed by atoms with Gasteiger partial charge in [-0.1, -0.05) is 25.4 Å². The minimum absolute atomic E-state index is 0.0276. The normalized spacial score (nSPS) is 24.2. The van der Waals surface area contributed by atoms with Crippen LogP contribution < -0.4 is 10.3 Å². The minimum Gasteiger partial charge on any atom is -0.494 e. The van der Waals surface area contributed by atoms with Crippen molar-refractivity contribution in [2.75, 3.05) is 0 Å². The van der Waals surface area contributed by atoms with E-state index in [-0.39, 0.29) is 28.6 Å². The zero-order valence-electron chi connectivity index (χ0n) is 15.5. The SMILES string of the molecule is CC1CCC(Oc2cc(-n3c(O)c4cc(c3=O)C(C)CC4)c(F)cc2Cl)C1. The van der Waals surface area contributed by atoms with E-state index in [0.717, 1.165) is 36.3 Å². The van der Waals surface area contributed by atoms with Gasteiger partial charge in [-0.15, -0.1) is 0 Å². The molecule has 0 aliphatic heterocycles. The van der Waals surface area contributed by atoms with Gasteiger partial charge in [-0.25, -0.2) is 8.96 Å². The molecule has 2 aliphatic carbocycles. The van der Waals surface area contributed by atoms with Gasteiger partial charge in [0.15, 0.2) is 0 Å². The summed E-state index contributed by atoms with van der Waals surface area (Å²) in [5.41, 5.74) is 0.824. The highest BCUT2D eigenvalue weighted by molar-refractivity contribution is 6.32. The number of ether oxygens (including phenoxy) is 1. The Morgan fingerprint density at radius 3 is 2.70 bits per heavy atom. The Bertz CT molecular complexity index is 955. The van der Waals surface area contributed by atoms with Crippen LogP contribution >= 0.6 is 11.6 Å². The molecule has 0 saturated heterocycles. The highest BCUT2D eigenvalue weighted by Gasteiger charge is 2.27. The summed E-state index contributed by atoms with van der Waals surface area (Å²) in [6.45, 7) is 4.14. The van der Waals surface area contributed by atoms with Crippen molar-refractivity contribution in [3.63, 3.8) is 0 Å². The molecule has 2 bridgehead atoms. The number of aromatic hydroxyl groups is 1. The zero-order valence-corrected chi connectivity index (χ0v) is 16.2. The summed E-state index contributed by atoms with van der Waals surface area (Å²) >= 11 is 6.19. The summed E-state index contributed by atoms with van der Waals surface area (Å²) < 4.78 is 21.8. The fraction of sp³-hybridized carbons (Fsp3) is 0.476. The van der Waals surface area contributed by atoms with Crippen LogP contribution in [0.5, 0.6) is 11.6 Å². The number of hydrogen-bond donors (Lipinski definition) is 1. The second-order valence-electron chi connectivity index (χ2n) is 7.92. The van der Waals surface area contributed by atoms with Gasteiger partial charge >= 0.3 is 0 Å². The molecule has 1 aromatic heterocycles. The molecular weight excluding hydrogens is 369 g/mol. The first kappa shape index (κ1) is 18.4. The number of aryl methyl sites for hydroxylation is 1. The number of halogens is 2. The van der Waals surface area contributed by atoms with Crippen LogP contribution in [0.15, 0.2) is 23.0 Å². The summed E-state index contributed by atoms with van der Waals surface area (Å²) in [7, 11) is 0. The van der Waals surface area contributed by atoms with Crippen LogP contribution in [0.1, 0.15) is 56.6 Å². The Hall–Kier alpha value is -2.01. The van der Waals surface area contributed by atoms with Gasteiger partial charge in [-0.05, 0) is 56.1 Å². The van der Waals surface area contributed by atoms with Gasteiger partial charge in [-0.2, -0.15) is 0 Å². The molecule has 27 heavy (non-hydrogen) atoms. The molecule has 4 rings (SSSR count).